The van der Waals surface area contributed by atoms with Gasteiger partial charge in [-0.1, -0.05) is 94.6 Å². The number of amides is 2. The third-order valence-electron chi connectivity index (χ3n) is 7.05. The number of hydrogen-bond donors (Lipinski definition) is 1. The Morgan fingerprint density at radius 3 is 2.15 bits per heavy atom. The average molecular weight is 463 g/mol. The van der Waals surface area contributed by atoms with Crippen molar-refractivity contribution in [3.8, 4) is 0 Å². The van der Waals surface area contributed by atoms with Crippen LogP contribution in [0.25, 0.3) is 0 Å². The molecule has 0 aromatic heterocycles. The first-order chi connectivity index (χ1) is 16.2. The van der Waals surface area contributed by atoms with Crippen molar-refractivity contribution in [1.29, 1.82) is 0 Å². The average Bonchev–Trinajstić information content (AvgIpc) is 2.83. The Kier molecular flexibility index (Phi) is 9.32. The van der Waals surface area contributed by atoms with Gasteiger partial charge < -0.3 is 10.2 Å². The van der Waals surface area contributed by atoms with Gasteiger partial charge in [0.05, 0.1) is 0 Å². The van der Waals surface area contributed by atoms with Crippen LogP contribution in [0.4, 0.5) is 0 Å². The van der Waals surface area contributed by atoms with E-state index in [2.05, 4.69) is 62.5 Å². The molecule has 2 aromatic rings. The number of carbonyl (C=O) groups excluding carboxylic acids is 2. The lowest BCUT2D eigenvalue weighted by atomic mass is 9.86. The highest BCUT2D eigenvalue weighted by Gasteiger charge is 2.27. The molecule has 1 fully saturated rings. The first kappa shape index (κ1) is 26.0. The Hall–Kier alpha value is -2.62. The van der Waals surface area contributed by atoms with Crippen LogP contribution in [0, 0.1) is 0 Å². The fourth-order valence-electron chi connectivity index (χ4n) is 4.71. The number of hydrogen-bond acceptors (Lipinski definition) is 2. The fourth-order valence-corrected chi connectivity index (χ4v) is 4.71. The predicted octanol–water partition coefficient (Wildman–Crippen LogP) is 5.83. The summed E-state index contributed by atoms with van der Waals surface area (Å²) in [5.41, 5.74) is 3.74. The topological polar surface area (TPSA) is 49.4 Å². The minimum Gasteiger partial charge on any atom is -0.352 e. The normalized spacial score (nSPS) is 15.5. The Morgan fingerprint density at radius 1 is 0.912 bits per heavy atom. The molecule has 0 saturated heterocycles. The van der Waals surface area contributed by atoms with Gasteiger partial charge in [-0.3, -0.25) is 9.59 Å². The zero-order valence-corrected chi connectivity index (χ0v) is 21.5. The van der Waals surface area contributed by atoms with E-state index in [9.17, 15) is 9.59 Å². The highest BCUT2D eigenvalue weighted by Crippen LogP contribution is 2.23. The van der Waals surface area contributed by atoms with Crippen molar-refractivity contribution in [3.05, 3.63) is 71.3 Å². The number of rotatable bonds is 9. The molecule has 1 unspecified atom stereocenters. The van der Waals surface area contributed by atoms with Crippen LogP contribution >= 0.6 is 0 Å². The van der Waals surface area contributed by atoms with Gasteiger partial charge in [0.1, 0.15) is 6.04 Å². The molecule has 3 rings (SSSR count). The Morgan fingerprint density at radius 2 is 1.53 bits per heavy atom. The molecule has 1 aliphatic carbocycles. The first-order valence-electron chi connectivity index (χ1n) is 13.0. The maximum absolute atomic E-state index is 13.3. The Balaban J connectivity index is 1.64. The van der Waals surface area contributed by atoms with Crippen LogP contribution in [-0.4, -0.2) is 35.3 Å². The molecule has 1 N–H and O–H groups in total. The van der Waals surface area contributed by atoms with Crippen LogP contribution in [0.1, 0.15) is 82.9 Å². The van der Waals surface area contributed by atoms with Gasteiger partial charge in [-0.25, -0.2) is 0 Å². The van der Waals surface area contributed by atoms with Crippen LogP contribution in [-0.2, 0) is 27.8 Å². The van der Waals surface area contributed by atoms with Crippen molar-refractivity contribution in [1.82, 2.24) is 10.2 Å². The molecule has 0 bridgehead atoms. The fraction of sp³-hybridized carbons (Fsp3) is 0.533. The van der Waals surface area contributed by atoms with Crippen LogP contribution in [0.5, 0.6) is 0 Å². The molecular weight excluding hydrogens is 420 g/mol. The van der Waals surface area contributed by atoms with Gasteiger partial charge in [-0.15, -0.1) is 0 Å². The molecule has 0 spiro atoms. The van der Waals surface area contributed by atoms with Crippen molar-refractivity contribution < 1.29 is 9.59 Å². The number of carbonyl (C=O) groups is 2. The molecule has 184 valence electrons. The van der Waals surface area contributed by atoms with Crippen LogP contribution in [0.3, 0.4) is 0 Å². The molecule has 0 aliphatic heterocycles. The van der Waals surface area contributed by atoms with Gasteiger partial charge in [-0.2, -0.15) is 0 Å². The molecule has 34 heavy (non-hydrogen) atoms. The summed E-state index contributed by atoms with van der Waals surface area (Å²) in [7, 11) is 0. The zero-order valence-electron chi connectivity index (χ0n) is 21.5. The summed E-state index contributed by atoms with van der Waals surface area (Å²) in [4.78, 5) is 28.2. The van der Waals surface area contributed by atoms with Crippen molar-refractivity contribution in [2.24, 2.45) is 0 Å². The van der Waals surface area contributed by atoms with Gasteiger partial charge in [0.2, 0.25) is 11.8 Å². The smallest absolute Gasteiger partial charge is 0.242 e. The van der Waals surface area contributed by atoms with Crippen LogP contribution in [0.15, 0.2) is 54.6 Å². The number of benzene rings is 2. The molecule has 2 aromatic carbocycles. The molecule has 4 nitrogen and oxygen atoms in total. The van der Waals surface area contributed by atoms with Crippen molar-refractivity contribution in [2.75, 3.05) is 6.54 Å². The van der Waals surface area contributed by atoms with Crippen LogP contribution < -0.4 is 5.32 Å². The van der Waals surface area contributed by atoms with E-state index in [1.807, 2.05) is 25.1 Å². The summed E-state index contributed by atoms with van der Waals surface area (Å²) in [6.07, 6.45) is 7.51. The molecular formula is C30H42N2O2. The highest BCUT2D eigenvalue weighted by molar-refractivity contribution is 5.87. The molecule has 1 saturated carbocycles. The van der Waals surface area contributed by atoms with E-state index < -0.39 is 6.04 Å². The highest BCUT2D eigenvalue weighted by atomic mass is 16.2. The predicted molar refractivity (Wildman–Crippen MR) is 140 cm³/mol. The number of nitrogens with zero attached hydrogens (tertiary/aromatic N) is 1. The van der Waals surface area contributed by atoms with E-state index >= 15 is 0 Å². The zero-order chi connectivity index (χ0) is 24.6. The lowest BCUT2D eigenvalue weighted by molar-refractivity contribution is -0.140. The maximum atomic E-state index is 13.3. The van der Waals surface area contributed by atoms with Crippen LogP contribution in [0.2, 0.25) is 0 Å². The summed E-state index contributed by atoms with van der Waals surface area (Å²) in [5.74, 6) is 0.0185. The number of aryl methyl sites for hydroxylation is 1. The Bertz CT molecular complexity index is 909. The van der Waals surface area contributed by atoms with E-state index in [0.717, 1.165) is 24.8 Å². The molecule has 2 amide bonds. The van der Waals surface area contributed by atoms with Gasteiger partial charge in [0.15, 0.2) is 0 Å². The minimum atomic E-state index is -0.471. The minimum absolute atomic E-state index is 0.0251. The third-order valence-corrected chi connectivity index (χ3v) is 7.05. The Labute approximate surface area is 206 Å². The van der Waals surface area contributed by atoms with E-state index in [4.69, 9.17) is 0 Å². The quantitative estimate of drug-likeness (QED) is 0.510. The maximum Gasteiger partial charge on any atom is 0.242 e. The van der Waals surface area contributed by atoms with E-state index in [1.54, 1.807) is 4.90 Å². The monoisotopic (exact) mass is 462 g/mol. The van der Waals surface area contributed by atoms with Crippen molar-refractivity contribution >= 4 is 11.8 Å². The van der Waals surface area contributed by atoms with Crippen molar-refractivity contribution in [2.45, 2.75) is 96.6 Å². The molecule has 0 radical (unpaired) electrons. The summed E-state index contributed by atoms with van der Waals surface area (Å²) >= 11 is 0. The molecule has 4 heteroatoms. The van der Waals surface area contributed by atoms with Crippen molar-refractivity contribution in [3.63, 3.8) is 0 Å². The van der Waals surface area contributed by atoms with Gasteiger partial charge in [-0.05, 0) is 54.7 Å². The standard InChI is InChI=1S/C30H42N2O2/c1-23(29(34)31-27-13-9-6-10-14-27)32(22-21-24-11-7-5-8-12-24)28(33)20-17-25-15-18-26(19-16-25)30(2,3)4/h5,7-8,11-12,15-16,18-19,23,27H,6,9-10,13-14,17,20-22H2,1-4H3,(H,31,34). The SMILES string of the molecule is CC(C(=O)NC1CCCCC1)N(CCc1ccccc1)C(=O)CCc1ccc(C(C)(C)C)cc1. The summed E-state index contributed by atoms with van der Waals surface area (Å²) in [6, 6.07) is 18.5. The molecule has 0 heterocycles. The first-order valence-corrected chi connectivity index (χ1v) is 13.0. The second-order valence-electron chi connectivity index (χ2n) is 10.8. The summed E-state index contributed by atoms with van der Waals surface area (Å²) < 4.78 is 0. The lowest BCUT2D eigenvalue weighted by Gasteiger charge is -2.31. The third kappa shape index (κ3) is 7.72. The van der Waals surface area contributed by atoms with Gasteiger partial charge in [0.25, 0.3) is 0 Å². The van der Waals surface area contributed by atoms with E-state index in [0.29, 0.717) is 19.4 Å². The summed E-state index contributed by atoms with van der Waals surface area (Å²) in [6.45, 7) is 9.03. The summed E-state index contributed by atoms with van der Waals surface area (Å²) in [5, 5.41) is 3.21. The van der Waals surface area contributed by atoms with Gasteiger partial charge in [0, 0.05) is 19.0 Å². The van der Waals surface area contributed by atoms with Gasteiger partial charge >= 0.3 is 0 Å². The molecule has 1 atom stereocenters. The largest absolute Gasteiger partial charge is 0.352 e. The van der Waals surface area contributed by atoms with E-state index in [-0.39, 0.29) is 23.3 Å². The lowest BCUT2D eigenvalue weighted by Crippen LogP contribution is -2.51. The molecule has 1 aliphatic rings. The second-order valence-corrected chi connectivity index (χ2v) is 10.8. The second kappa shape index (κ2) is 12.2. The number of nitrogens with one attached hydrogen (secondary N) is 1. The van der Waals surface area contributed by atoms with E-state index in [1.165, 1.54) is 30.4 Å².